The van der Waals surface area contributed by atoms with E-state index in [1.54, 1.807) is 0 Å². The highest BCUT2D eigenvalue weighted by Crippen LogP contribution is 2.34. The average molecular weight is 252 g/mol. The van der Waals surface area contributed by atoms with Gasteiger partial charge in [-0.25, -0.2) is 0 Å². The van der Waals surface area contributed by atoms with E-state index in [2.05, 4.69) is 31.0 Å². The molecule has 0 spiro atoms. The highest BCUT2D eigenvalue weighted by atomic mass is 16.2. The summed E-state index contributed by atoms with van der Waals surface area (Å²) in [6.07, 6.45) is 6.57. The first-order valence-corrected chi connectivity index (χ1v) is 7.64. The molecule has 18 heavy (non-hydrogen) atoms. The van der Waals surface area contributed by atoms with Crippen LogP contribution in [0.2, 0.25) is 0 Å². The second-order valence-electron chi connectivity index (χ2n) is 6.34. The van der Waals surface area contributed by atoms with E-state index in [0.29, 0.717) is 30.0 Å². The van der Waals surface area contributed by atoms with Gasteiger partial charge in [0, 0.05) is 6.04 Å². The summed E-state index contributed by atoms with van der Waals surface area (Å²) in [6.45, 7) is 8.68. The maximum absolute atomic E-state index is 12.4. The van der Waals surface area contributed by atoms with E-state index in [1.807, 2.05) is 6.92 Å². The van der Waals surface area contributed by atoms with E-state index in [1.165, 1.54) is 25.7 Å². The molecular weight excluding hydrogens is 224 g/mol. The molecule has 3 unspecified atom stereocenters. The van der Waals surface area contributed by atoms with Crippen molar-refractivity contribution in [1.29, 1.82) is 0 Å². The third-order valence-electron chi connectivity index (χ3n) is 4.74. The molecular formula is C15H28N2O. The maximum atomic E-state index is 12.4. The summed E-state index contributed by atoms with van der Waals surface area (Å²) in [5, 5.41) is 3.54. The molecule has 3 heteroatoms. The van der Waals surface area contributed by atoms with E-state index < -0.39 is 0 Å². The molecule has 3 atom stereocenters. The molecule has 0 bridgehead atoms. The van der Waals surface area contributed by atoms with Crippen LogP contribution in [0, 0.1) is 11.8 Å². The highest BCUT2D eigenvalue weighted by molar-refractivity contribution is 5.84. The molecule has 1 amide bonds. The van der Waals surface area contributed by atoms with Crippen molar-refractivity contribution in [2.75, 3.05) is 0 Å². The lowest BCUT2D eigenvalue weighted by Crippen LogP contribution is -2.49. The van der Waals surface area contributed by atoms with Crippen molar-refractivity contribution in [3.8, 4) is 0 Å². The molecule has 2 aliphatic rings. The van der Waals surface area contributed by atoms with Crippen molar-refractivity contribution in [2.24, 2.45) is 11.8 Å². The molecule has 2 fully saturated rings. The number of carbonyl (C=O) groups is 1. The smallest absolute Gasteiger partial charge is 0.240 e. The van der Waals surface area contributed by atoms with Crippen LogP contribution in [0.1, 0.15) is 59.8 Å². The monoisotopic (exact) mass is 252 g/mol. The minimum absolute atomic E-state index is 0.00315. The van der Waals surface area contributed by atoms with Gasteiger partial charge in [-0.2, -0.15) is 0 Å². The largest absolute Gasteiger partial charge is 0.322 e. The Morgan fingerprint density at radius 2 is 1.94 bits per heavy atom. The predicted molar refractivity (Wildman–Crippen MR) is 74.1 cm³/mol. The fourth-order valence-electron chi connectivity index (χ4n) is 3.76. The molecule has 2 rings (SSSR count). The number of hydrogen-bond donors (Lipinski definition) is 1. The molecule has 0 aromatic heterocycles. The lowest BCUT2D eigenvalue weighted by Gasteiger charge is -2.37. The summed E-state index contributed by atoms with van der Waals surface area (Å²) in [6, 6.07) is 0.393. The van der Waals surface area contributed by atoms with Gasteiger partial charge in [0.05, 0.1) is 12.2 Å². The summed E-state index contributed by atoms with van der Waals surface area (Å²) in [7, 11) is 0. The molecule has 0 radical (unpaired) electrons. The lowest BCUT2D eigenvalue weighted by molar-refractivity contribution is -0.133. The van der Waals surface area contributed by atoms with Crippen molar-refractivity contribution >= 4 is 5.91 Å². The molecule has 104 valence electrons. The fraction of sp³-hybridized carbons (Fsp3) is 0.933. The number of nitrogens with one attached hydrogen (secondary N) is 1. The van der Waals surface area contributed by atoms with Gasteiger partial charge < -0.3 is 4.90 Å². The predicted octanol–water partition coefficient (Wildman–Crippen LogP) is 2.76. The Morgan fingerprint density at radius 1 is 1.33 bits per heavy atom. The van der Waals surface area contributed by atoms with E-state index in [0.717, 1.165) is 6.42 Å². The van der Waals surface area contributed by atoms with Gasteiger partial charge in [0.1, 0.15) is 0 Å². The van der Waals surface area contributed by atoms with Crippen LogP contribution in [-0.4, -0.2) is 29.1 Å². The maximum Gasteiger partial charge on any atom is 0.240 e. The van der Waals surface area contributed by atoms with Crippen LogP contribution < -0.4 is 5.32 Å². The second-order valence-corrected chi connectivity index (χ2v) is 6.34. The number of carbonyl (C=O) groups excluding carboxylic acids is 1. The van der Waals surface area contributed by atoms with Crippen LogP contribution in [0.4, 0.5) is 0 Å². The number of hydrogen-bond acceptors (Lipinski definition) is 2. The molecule has 1 aliphatic heterocycles. The van der Waals surface area contributed by atoms with Gasteiger partial charge in [0.15, 0.2) is 0 Å². The number of rotatable bonds is 4. The fourth-order valence-corrected chi connectivity index (χ4v) is 3.76. The van der Waals surface area contributed by atoms with Crippen LogP contribution in [0.3, 0.4) is 0 Å². The zero-order valence-corrected chi connectivity index (χ0v) is 12.3. The van der Waals surface area contributed by atoms with E-state index >= 15 is 0 Å². The van der Waals surface area contributed by atoms with Crippen LogP contribution in [0.5, 0.6) is 0 Å². The molecule has 1 saturated carbocycles. The minimum Gasteiger partial charge on any atom is -0.322 e. The first-order valence-electron chi connectivity index (χ1n) is 7.64. The zero-order valence-electron chi connectivity index (χ0n) is 12.3. The normalized spacial score (nSPS) is 31.6. The van der Waals surface area contributed by atoms with Gasteiger partial charge in [-0.3, -0.25) is 10.1 Å². The van der Waals surface area contributed by atoms with Crippen molar-refractivity contribution in [2.45, 2.75) is 78.0 Å². The zero-order chi connectivity index (χ0) is 13.3. The number of nitrogens with zero attached hydrogens (tertiary/aromatic N) is 1. The standard InChI is InChI=1S/C15H28N2O/c1-5-13(10(2)3)17-14(12-8-6-7-9-12)16-11(4)15(17)18/h10-14,16H,5-9H2,1-4H3. The molecule has 0 aromatic carbocycles. The van der Waals surface area contributed by atoms with Crippen LogP contribution in [0.25, 0.3) is 0 Å². The molecule has 3 nitrogen and oxygen atoms in total. The van der Waals surface area contributed by atoms with Gasteiger partial charge in [-0.15, -0.1) is 0 Å². The SMILES string of the molecule is CCC(C(C)C)N1C(=O)C(C)NC1C1CCCC1. The Labute approximate surface area is 111 Å². The first-order chi connectivity index (χ1) is 8.56. The van der Waals surface area contributed by atoms with E-state index in [9.17, 15) is 4.79 Å². The molecule has 1 aliphatic carbocycles. The van der Waals surface area contributed by atoms with Gasteiger partial charge >= 0.3 is 0 Å². The quantitative estimate of drug-likeness (QED) is 0.834. The number of amides is 1. The Balaban J connectivity index is 2.18. The Bertz CT molecular complexity index is 297. The summed E-state index contributed by atoms with van der Waals surface area (Å²) < 4.78 is 0. The minimum atomic E-state index is 0.00315. The Kier molecular flexibility index (Phi) is 4.31. The summed E-state index contributed by atoms with van der Waals surface area (Å²) in [4.78, 5) is 14.6. The highest BCUT2D eigenvalue weighted by Gasteiger charge is 2.44. The van der Waals surface area contributed by atoms with Crippen molar-refractivity contribution < 1.29 is 4.79 Å². The lowest BCUT2D eigenvalue weighted by atomic mass is 9.96. The molecule has 1 heterocycles. The Hall–Kier alpha value is -0.570. The van der Waals surface area contributed by atoms with Crippen LogP contribution in [0.15, 0.2) is 0 Å². The third kappa shape index (κ3) is 2.42. The van der Waals surface area contributed by atoms with Gasteiger partial charge in [-0.1, -0.05) is 33.6 Å². The molecule has 1 saturated heterocycles. The summed E-state index contributed by atoms with van der Waals surface area (Å²) in [5.74, 6) is 1.52. The van der Waals surface area contributed by atoms with Gasteiger partial charge in [0.25, 0.3) is 0 Å². The van der Waals surface area contributed by atoms with Crippen molar-refractivity contribution in [3.05, 3.63) is 0 Å². The Morgan fingerprint density at radius 3 is 2.44 bits per heavy atom. The van der Waals surface area contributed by atoms with Gasteiger partial charge in [-0.05, 0) is 38.0 Å². The summed E-state index contributed by atoms with van der Waals surface area (Å²) >= 11 is 0. The van der Waals surface area contributed by atoms with Gasteiger partial charge in [0.2, 0.25) is 5.91 Å². The first kappa shape index (κ1) is 13.9. The second kappa shape index (κ2) is 5.60. The van der Waals surface area contributed by atoms with Crippen LogP contribution >= 0.6 is 0 Å². The van der Waals surface area contributed by atoms with Crippen molar-refractivity contribution in [1.82, 2.24) is 10.2 Å². The molecule has 1 N–H and O–H groups in total. The van der Waals surface area contributed by atoms with Crippen LogP contribution in [-0.2, 0) is 4.79 Å². The third-order valence-corrected chi connectivity index (χ3v) is 4.74. The van der Waals surface area contributed by atoms with Crippen molar-refractivity contribution in [3.63, 3.8) is 0 Å². The van der Waals surface area contributed by atoms with E-state index in [-0.39, 0.29) is 6.04 Å². The molecule has 0 aromatic rings. The van der Waals surface area contributed by atoms with E-state index in [4.69, 9.17) is 0 Å². The topological polar surface area (TPSA) is 32.3 Å². The summed E-state index contributed by atoms with van der Waals surface area (Å²) in [5.41, 5.74) is 0. The average Bonchev–Trinajstić information content (AvgIpc) is 2.92.